The average molecular weight is 433 g/mol. The van der Waals surface area contributed by atoms with E-state index in [1.54, 1.807) is 29.1 Å². The van der Waals surface area contributed by atoms with Gasteiger partial charge in [-0.25, -0.2) is 9.97 Å². The van der Waals surface area contributed by atoms with E-state index in [4.69, 9.17) is 17.3 Å². The van der Waals surface area contributed by atoms with E-state index in [1.165, 1.54) is 0 Å². The Morgan fingerprint density at radius 1 is 1.16 bits per heavy atom. The number of halogens is 1. The first kappa shape index (κ1) is 19.0. The molecule has 4 N–H and O–H groups in total. The van der Waals surface area contributed by atoms with Gasteiger partial charge in [0.05, 0.1) is 17.8 Å². The molecule has 0 radical (unpaired) electrons. The Hall–Kier alpha value is -3.98. The molecule has 10 heteroatoms. The molecule has 5 aromatic rings. The summed E-state index contributed by atoms with van der Waals surface area (Å²) in [5.41, 5.74) is 9.73. The van der Waals surface area contributed by atoms with Crippen molar-refractivity contribution in [3.8, 4) is 11.3 Å². The van der Waals surface area contributed by atoms with E-state index in [0.29, 0.717) is 24.4 Å². The maximum absolute atomic E-state index is 12.2. The minimum Gasteiger partial charge on any atom is -0.382 e. The summed E-state index contributed by atoms with van der Waals surface area (Å²) < 4.78 is 1.75. The maximum Gasteiger partial charge on any atom is 0.270 e. The van der Waals surface area contributed by atoms with Gasteiger partial charge in [-0.1, -0.05) is 29.8 Å². The Kier molecular flexibility index (Phi) is 4.72. The zero-order valence-corrected chi connectivity index (χ0v) is 17.0. The van der Waals surface area contributed by atoms with Gasteiger partial charge in [-0.2, -0.15) is 10.2 Å². The number of H-pyrrole nitrogens is 1. The molecule has 0 fully saturated rings. The number of anilines is 1. The first-order chi connectivity index (χ1) is 15.1. The van der Waals surface area contributed by atoms with Gasteiger partial charge in [0.25, 0.3) is 5.91 Å². The number of benzene rings is 1. The second kappa shape index (κ2) is 7.69. The van der Waals surface area contributed by atoms with E-state index >= 15 is 0 Å². The monoisotopic (exact) mass is 432 g/mol. The van der Waals surface area contributed by atoms with Crippen LogP contribution in [0.4, 0.5) is 5.82 Å². The fourth-order valence-electron chi connectivity index (χ4n) is 3.45. The smallest absolute Gasteiger partial charge is 0.270 e. The number of nitrogens with zero attached hydrogens (tertiary/aromatic N) is 5. The quantitative estimate of drug-likeness (QED) is 0.366. The summed E-state index contributed by atoms with van der Waals surface area (Å²) in [4.78, 5) is 20.7. The molecule has 0 atom stereocenters. The highest BCUT2D eigenvalue weighted by molar-refractivity contribution is 6.29. The third-order valence-corrected chi connectivity index (χ3v) is 5.13. The number of carbonyl (C=O) groups is 1. The predicted octanol–water partition coefficient (Wildman–Crippen LogP) is 3.04. The number of fused-ring (bicyclic) bond motifs is 3. The first-order valence-corrected chi connectivity index (χ1v) is 9.93. The number of nitrogens with two attached hydrogens (primary N) is 1. The molecule has 0 saturated carbocycles. The lowest BCUT2D eigenvalue weighted by Crippen LogP contribution is -2.28. The van der Waals surface area contributed by atoms with Crippen LogP contribution in [0.25, 0.3) is 33.1 Å². The topological polar surface area (TPSA) is 127 Å². The number of nitrogen functional groups attached to an aromatic ring is 1. The highest BCUT2D eigenvalue weighted by Crippen LogP contribution is 2.29. The minimum absolute atomic E-state index is 0.269. The van der Waals surface area contributed by atoms with Crippen molar-refractivity contribution in [1.82, 2.24) is 35.3 Å². The normalized spacial score (nSPS) is 11.3. The second-order valence-electron chi connectivity index (χ2n) is 6.96. The van der Waals surface area contributed by atoms with Crippen molar-refractivity contribution in [2.75, 3.05) is 12.3 Å². The fraction of sp³-hybridized carbons (Fsp3) is 0.0952. The van der Waals surface area contributed by atoms with Crippen LogP contribution in [-0.2, 0) is 6.54 Å². The van der Waals surface area contributed by atoms with Crippen molar-refractivity contribution in [1.29, 1.82) is 0 Å². The van der Waals surface area contributed by atoms with Crippen molar-refractivity contribution in [3.05, 3.63) is 65.7 Å². The van der Waals surface area contributed by atoms with Crippen molar-refractivity contribution in [3.63, 3.8) is 0 Å². The molecule has 0 aliphatic heterocycles. The lowest BCUT2D eigenvalue weighted by molar-refractivity contribution is 0.0947. The minimum atomic E-state index is -0.294. The molecule has 9 nitrogen and oxygen atoms in total. The molecule has 5 rings (SSSR count). The Bertz CT molecular complexity index is 1410. The Balaban J connectivity index is 1.38. The van der Waals surface area contributed by atoms with Crippen molar-refractivity contribution in [2.24, 2.45) is 0 Å². The molecule has 0 bridgehead atoms. The van der Waals surface area contributed by atoms with Gasteiger partial charge in [0.15, 0.2) is 5.82 Å². The largest absolute Gasteiger partial charge is 0.382 e. The number of nitrogens with one attached hydrogen (secondary N) is 2. The molecule has 0 saturated heterocycles. The van der Waals surface area contributed by atoms with E-state index in [-0.39, 0.29) is 16.8 Å². The standard InChI is InChI=1S/C21H17ClN8O/c22-18-3-1-2-16(26-18)21(31)24-8-9-30-11-14-13-5-4-12(15-6-7-25-28-15)10-17(13)27-20(23)19(14)29-30/h1-7,10-11H,8-9H2,(H2,23,27)(H,24,31)(H,25,28). The Morgan fingerprint density at radius 2 is 2.06 bits per heavy atom. The summed E-state index contributed by atoms with van der Waals surface area (Å²) in [7, 11) is 0. The molecule has 1 amide bonds. The molecule has 1 aromatic carbocycles. The maximum atomic E-state index is 12.2. The fourth-order valence-corrected chi connectivity index (χ4v) is 3.61. The van der Waals surface area contributed by atoms with E-state index in [2.05, 4.69) is 30.6 Å². The van der Waals surface area contributed by atoms with Gasteiger partial charge in [-0.3, -0.25) is 14.6 Å². The van der Waals surface area contributed by atoms with Gasteiger partial charge in [0, 0.05) is 35.3 Å². The van der Waals surface area contributed by atoms with Crippen molar-refractivity contribution in [2.45, 2.75) is 6.54 Å². The highest BCUT2D eigenvalue weighted by Gasteiger charge is 2.13. The van der Waals surface area contributed by atoms with E-state index < -0.39 is 0 Å². The number of hydrogen-bond donors (Lipinski definition) is 3. The SMILES string of the molecule is Nc1nc2cc(-c3ccn[nH]3)ccc2c2cn(CCNC(=O)c3cccc(Cl)n3)nc12. The number of pyridine rings is 2. The van der Waals surface area contributed by atoms with Gasteiger partial charge in [-0.05, 0) is 24.3 Å². The summed E-state index contributed by atoms with van der Waals surface area (Å²) in [5, 5.41) is 16.4. The summed E-state index contributed by atoms with van der Waals surface area (Å²) in [6.45, 7) is 0.838. The van der Waals surface area contributed by atoms with Gasteiger partial charge < -0.3 is 11.1 Å². The van der Waals surface area contributed by atoms with Crippen LogP contribution in [0.2, 0.25) is 5.15 Å². The van der Waals surface area contributed by atoms with Gasteiger partial charge >= 0.3 is 0 Å². The third-order valence-electron chi connectivity index (χ3n) is 4.92. The van der Waals surface area contributed by atoms with Gasteiger partial charge in [0.2, 0.25) is 0 Å². The molecule has 4 heterocycles. The van der Waals surface area contributed by atoms with Crippen LogP contribution >= 0.6 is 11.6 Å². The molecule has 31 heavy (non-hydrogen) atoms. The molecule has 0 aliphatic rings. The average Bonchev–Trinajstić information content (AvgIpc) is 3.44. The lowest BCUT2D eigenvalue weighted by Gasteiger charge is -2.05. The van der Waals surface area contributed by atoms with Crippen molar-refractivity contribution < 1.29 is 4.79 Å². The molecule has 0 aliphatic carbocycles. The van der Waals surface area contributed by atoms with Crippen LogP contribution in [0.1, 0.15) is 10.5 Å². The lowest BCUT2D eigenvalue weighted by atomic mass is 10.1. The van der Waals surface area contributed by atoms with Crippen LogP contribution in [0.15, 0.2) is 54.9 Å². The van der Waals surface area contributed by atoms with E-state index in [1.807, 2.05) is 30.5 Å². The first-order valence-electron chi connectivity index (χ1n) is 9.55. The van der Waals surface area contributed by atoms with Crippen LogP contribution in [0.3, 0.4) is 0 Å². The number of aromatic amines is 1. The van der Waals surface area contributed by atoms with Gasteiger partial charge in [0.1, 0.15) is 16.4 Å². The summed E-state index contributed by atoms with van der Waals surface area (Å²) in [5.74, 6) is 0.0624. The number of carbonyl (C=O) groups excluding carboxylic acids is 1. The molecule has 0 spiro atoms. The Labute approximate surface area is 181 Å². The predicted molar refractivity (Wildman–Crippen MR) is 119 cm³/mol. The number of amides is 1. The molecule has 0 unspecified atom stereocenters. The number of hydrogen-bond acceptors (Lipinski definition) is 6. The van der Waals surface area contributed by atoms with Crippen LogP contribution in [-0.4, -0.2) is 42.4 Å². The number of aromatic nitrogens is 6. The van der Waals surface area contributed by atoms with Crippen molar-refractivity contribution >= 4 is 45.1 Å². The number of rotatable bonds is 5. The van der Waals surface area contributed by atoms with Crippen LogP contribution < -0.4 is 11.1 Å². The summed E-state index contributed by atoms with van der Waals surface area (Å²) in [6, 6.07) is 12.8. The zero-order chi connectivity index (χ0) is 21.4. The summed E-state index contributed by atoms with van der Waals surface area (Å²) in [6.07, 6.45) is 3.62. The molecule has 154 valence electrons. The van der Waals surface area contributed by atoms with Gasteiger partial charge in [-0.15, -0.1) is 0 Å². The molecular formula is C21H17ClN8O. The summed E-state index contributed by atoms with van der Waals surface area (Å²) >= 11 is 5.84. The van der Waals surface area contributed by atoms with Crippen LogP contribution in [0.5, 0.6) is 0 Å². The molecular weight excluding hydrogens is 416 g/mol. The van der Waals surface area contributed by atoms with Crippen LogP contribution in [0, 0.1) is 0 Å². The zero-order valence-electron chi connectivity index (χ0n) is 16.2. The third kappa shape index (κ3) is 3.66. The molecule has 4 aromatic heterocycles. The second-order valence-corrected chi connectivity index (χ2v) is 7.34. The van der Waals surface area contributed by atoms with E-state index in [9.17, 15) is 4.79 Å². The highest BCUT2D eigenvalue weighted by atomic mass is 35.5. The van der Waals surface area contributed by atoms with E-state index in [0.717, 1.165) is 27.5 Å². The Morgan fingerprint density at radius 3 is 2.87 bits per heavy atom.